The van der Waals surface area contributed by atoms with Crippen LogP contribution < -0.4 is 11.1 Å². The first kappa shape index (κ1) is 12.9. The Kier molecular flexibility index (Phi) is 6.98. The summed E-state index contributed by atoms with van der Waals surface area (Å²) in [4.78, 5) is 0. The molecule has 1 saturated carbocycles. The van der Waals surface area contributed by atoms with Crippen LogP contribution in [0, 0.1) is 0 Å². The highest BCUT2D eigenvalue weighted by Gasteiger charge is 2.17. The van der Waals surface area contributed by atoms with Gasteiger partial charge in [0.1, 0.15) is 0 Å². The summed E-state index contributed by atoms with van der Waals surface area (Å²) >= 11 is 0. The Hall–Kier alpha value is -0.120. The SMILES string of the molecule is CCCOCCCNC1CCCC(N)C1. The van der Waals surface area contributed by atoms with Crippen molar-refractivity contribution in [2.45, 2.75) is 57.5 Å². The molecule has 3 heteroatoms. The summed E-state index contributed by atoms with van der Waals surface area (Å²) in [5.41, 5.74) is 5.93. The van der Waals surface area contributed by atoms with Crippen molar-refractivity contribution in [1.29, 1.82) is 0 Å². The van der Waals surface area contributed by atoms with E-state index in [2.05, 4.69) is 12.2 Å². The topological polar surface area (TPSA) is 47.3 Å². The van der Waals surface area contributed by atoms with Crippen molar-refractivity contribution in [1.82, 2.24) is 5.32 Å². The highest BCUT2D eigenvalue weighted by molar-refractivity contribution is 4.79. The first-order valence-electron chi connectivity index (χ1n) is 6.39. The first-order chi connectivity index (χ1) is 7.33. The van der Waals surface area contributed by atoms with Gasteiger partial charge in [0.2, 0.25) is 0 Å². The van der Waals surface area contributed by atoms with Crippen molar-refractivity contribution in [3.63, 3.8) is 0 Å². The molecule has 0 heterocycles. The van der Waals surface area contributed by atoms with Gasteiger partial charge in [-0.2, -0.15) is 0 Å². The molecule has 0 aliphatic heterocycles. The second kappa shape index (κ2) is 8.08. The molecular weight excluding hydrogens is 188 g/mol. The van der Waals surface area contributed by atoms with Crippen molar-refractivity contribution in [2.75, 3.05) is 19.8 Å². The van der Waals surface area contributed by atoms with Gasteiger partial charge in [-0.05, 0) is 38.6 Å². The monoisotopic (exact) mass is 214 g/mol. The molecule has 0 amide bonds. The Balaban J connectivity index is 1.90. The van der Waals surface area contributed by atoms with E-state index >= 15 is 0 Å². The molecule has 0 bridgehead atoms. The summed E-state index contributed by atoms with van der Waals surface area (Å²) in [6, 6.07) is 1.08. The normalized spacial score (nSPS) is 26.8. The van der Waals surface area contributed by atoms with Crippen molar-refractivity contribution < 1.29 is 4.74 Å². The van der Waals surface area contributed by atoms with Gasteiger partial charge in [0, 0.05) is 25.3 Å². The van der Waals surface area contributed by atoms with Crippen LogP contribution in [0.25, 0.3) is 0 Å². The van der Waals surface area contributed by atoms with E-state index in [9.17, 15) is 0 Å². The van der Waals surface area contributed by atoms with Gasteiger partial charge in [0.15, 0.2) is 0 Å². The predicted octanol–water partition coefficient (Wildman–Crippen LogP) is 1.66. The highest BCUT2D eigenvalue weighted by Crippen LogP contribution is 2.16. The number of ether oxygens (including phenoxy) is 1. The molecule has 90 valence electrons. The third-order valence-electron chi connectivity index (χ3n) is 2.96. The van der Waals surface area contributed by atoms with E-state index in [1.807, 2.05) is 0 Å². The minimum absolute atomic E-state index is 0.424. The van der Waals surface area contributed by atoms with E-state index in [1.54, 1.807) is 0 Å². The zero-order valence-corrected chi connectivity index (χ0v) is 10.0. The fourth-order valence-corrected chi connectivity index (χ4v) is 2.14. The van der Waals surface area contributed by atoms with Crippen LogP contribution in [0.5, 0.6) is 0 Å². The third kappa shape index (κ3) is 6.13. The van der Waals surface area contributed by atoms with Gasteiger partial charge in [-0.25, -0.2) is 0 Å². The zero-order chi connectivity index (χ0) is 10.9. The molecule has 0 saturated heterocycles. The van der Waals surface area contributed by atoms with Gasteiger partial charge in [-0.1, -0.05) is 13.3 Å². The van der Waals surface area contributed by atoms with Crippen molar-refractivity contribution >= 4 is 0 Å². The van der Waals surface area contributed by atoms with E-state index in [4.69, 9.17) is 10.5 Å². The maximum Gasteiger partial charge on any atom is 0.0478 e. The van der Waals surface area contributed by atoms with Crippen LogP contribution in [0.1, 0.15) is 45.4 Å². The van der Waals surface area contributed by atoms with Gasteiger partial charge >= 0.3 is 0 Å². The summed E-state index contributed by atoms with van der Waals surface area (Å²) in [5.74, 6) is 0. The van der Waals surface area contributed by atoms with Gasteiger partial charge in [-0.3, -0.25) is 0 Å². The lowest BCUT2D eigenvalue weighted by Crippen LogP contribution is -2.39. The summed E-state index contributed by atoms with van der Waals surface area (Å²) in [7, 11) is 0. The lowest BCUT2D eigenvalue weighted by molar-refractivity contribution is 0.131. The number of nitrogens with one attached hydrogen (secondary N) is 1. The van der Waals surface area contributed by atoms with Gasteiger partial charge < -0.3 is 15.8 Å². The molecule has 0 aromatic heterocycles. The molecule has 1 fully saturated rings. The van der Waals surface area contributed by atoms with Crippen LogP contribution in [0.2, 0.25) is 0 Å². The summed E-state index contributed by atoms with van der Waals surface area (Å²) in [6.07, 6.45) is 7.17. The van der Waals surface area contributed by atoms with E-state index < -0.39 is 0 Å². The summed E-state index contributed by atoms with van der Waals surface area (Å²) in [6.45, 7) is 5.00. The maximum atomic E-state index is 5.93. The minimum Gasteiger partial charge on any atom is -0.381 e. The molecule has 1 aliphatic carbocycles. The fourth-order valence-electron chi connectivity index (χ4n) is 2.14. The van der Waals surface area contributed by atoms with Gasteiger partial charge in [0.25, 0.3) is 0 Å². The van der Waals surface area contributed by atoms with Crippen LogP contribution in [0.4, 0.5) is 0 Å². The summed E-state index contributed by atoms with van der Waals surface area (Å²) < 4.78 is 5.43. The molecule has 2 atom stereocenters. The second-order valence-corrected chi connectivity index (χ2v) is 4.54. The van der Waals surface area contributed by atoms with Crippen LogP contribution in [0.15, 0.2) is 0 Å². The summed E-state index contributed by atoms with van der Waals surface area (Å²) in [5, 5.41) is 3.57. The number of nitrogens with two attached hydrogens (primary N) is 1. The van der Waals surface area contributed by atoms with Gasteiger partial charge in [-0.15, -0.1) is 0 Å². The smallest absolute Gasteiger partial charge is 0.0478 e. The standard InChI is InChI=1S/C12H26N2O/c1-2-8-15-9-4-7-14-12-6-3-5-11(13)10-12/h11-12,14H,2-10,13H2,1H3. The Bertz CT molecular complexity index is 153. The molecule has 0 aromatic rings. The number of rotatable bonds is 7. The lowest BCUT2D eigenvalue weighted by Gasteiger charge is -2.27. The Morgan fingerprint density at radius 1 is 1.33 bits per heavy atom. The molecule has 0 spiro atoms. The molecule has 0 radical (unpaired) electrons. The first-order valence-corrected chi connectivity index (χ1v) is 6.39. The molecule has 0 aromatic carbocycles. The highest BCUT2D eigenvalue weighted by atomic mass is 16.5. The van der Waals surface area contributed by atoms with E-state index in [0.29, 0.717) is 12.1 Å². The van der Waals surface area contributed by atoms with Gasteiger partial charge in [0.05, 0.1) is 0 Å². The second-order valence-electron chi connectivity index (χ2n) is 4.54. The molecule has 3 N–H and O–H groups in total. The Morgan fingerprint density at radius 2 is 2.20 bits per heavy atom. The number of hydrogen-bond acceptors (Lipinski definition) is 3. The molecule has 2 unspecified atom stereocenters. The Morgan fingerprint density at radius 3 is 2.93 bits per heavy atom. The molecular formula is C12H26N2O. The van der Waals surface area contributed by atoms with Crippen LogP contribution in [0.3, 0.4) is 0 Å². The predicted molar refractivity (Wildman–Crippen MR) is 64.0 cm³/mol. The third-order valence-corrected chi connectivity index (χ3v) is 2.96. The van der Waals surface area contributed by atoms with E-state index in [-0.39, 0.29) is 0 Å². The quantitative estimate of drug-likeness (QED) is 0.634. The zero-order valence-electron chi connectivity index (χ0n) is 10.0. The minimum atomic E-state index is 0.424. The average Bonchev–Trinajstić information content (AvgIpc) is 2.23. The largest absolute Gasteiger partial charge is 0.381 e. The van der Waals surface area contributed by atoms with Crippen molar-refractivity contribution in [2.24, 2.45) is 5.73 Å². The van der Waals surface area contributed by atoms with E-state index in [0.717, 1.165) is 39.0 Å². The fraction of sp³-hybridized carbons (Fsp3) is 1.00. The van der Waals surface area contributed by atoms with Crippen molar-refractivity contribution in [3.8, 4) is 0 Å². The maximum absolute atomic E-state index is 5.93. The molecule has 3 nitrogen and oxygen atoms in total. The lowest BCUT2D eigenvalue weighted by atomic mass is 9.91. The molecule has 1 aliphatic rings. The van der Waals surface area contributed by atoms with Crippen LogP contribution in [-0.2, 0) is 4.74 Å². The molecule has 1 rings (SSSR count). The Labute approximate surface area is 93.8 Å². The van der Waals surface area contributed by atoms with Crippen molar-refractivity contribution in [3.05, 3.63) is 0 Å². The van der Waals surface area contributed by atoms with E-state index in [1.165, 1.54) is 19.3 Å². The number of hydrogen-bond donors (Lipinski definition) is 2. The average molecular weight is 214 g/mol. The molecule has 15 heavy (non-hydrogen) atoms. The van der Waals surface area contributed by atoms with Crippen LogP contribution in [-0.4, -0.2) is 31.8 Å². The van der Waals surface area contributed by atoms with Crippen LogP contribution >= 0.6 is 0 Å².